The molecule has 0 saturated carbocycles. The van der Waals surface area contributed by atoms with Gasteiger partial charge >= 0.3 is 0 Å². The Labute approximate surface area is 125 Å². The number of carbonyl (C=O) groups excluding carboxylic acids is 1. The Balaban J connectivity index is 2.98. The van der Waals surface area contributed by atoms with Gasteiger partial charge < -0.3 is 10.6 Å². The molecule has 0 aliphatic rings. The average Bonchev–Trinajstić information content (AvgIpc) is 2.32. The number of halogens is 3. The highest BCUT2D eigenvalue weighted by molar-refractivity contribution is 14.1. The fourth-order valence-corrected chi connectivity index (χ4v) is 2.33. The lowest BCUT2D eigenvalue weighted by atomic mass is 9.93. The van der Waals surface area contributed by atoms with Gasteiger partial charge in [-0.2, -0.15) is 0 Å². The van der Waals surface area contributed by atoms with Crippen LogP contribution in [-0.4, -0.2) is 30.9 Å². The lowest BCUT2D eigenvalue weighted by Crippen LogP contribution is -2.40. The molecule has 0 heterocycles. The SMILES string of the molecule is CN(CC(C)(C)CN)C(=O)c1cc(F)c(F)cc1I. The van der Waals surface area contributed by atoms with Crippen molar-refractivity contribution in [2.75, 3.05) is 20.1 Å². The quantitative estimate of drug-likeness (QED) is 0.643. The minimum atomic E-state index is -1.02. The molecule has 6 heteroatoms. The van der Waals surface area contributed by atoms with Crippen molar-refractivity contribution in [2.45, 2.75) is 13.8 Å². The average molecular weight is 382 g/mol. The van der Waals surface area contributed by atoms with Crippen LogP contribution in [0.2, 0.25) is 0 Å². The number of hydrogen-bond acceptors (Lipinski definition) is 2. The van der Waals surface area contributed by atoms with E-state index in [0.29, 0.717) is 16.7 Å². The summed E-state index contributed by atoms with van der Waals surface area (Å²) in [6.07, 6.45) is 0. The van der Waals surface area contributed by atoms with E-state index in [2.05, 4.69) is 0 Å². The monoisotopic (exact) mass is 382 g/mol. The first kappa shape index (κ1) is 16.3. The number of benzene rings is 1. The molecule has 1 amide bonds. The Kier molecular flexibility index (Phi) is 5.26. The number of amides is 1. The molecule has 0 aliphatic carbocycles. The van der Waals surface area contributed by atoms with Gasteiger partial charge in [0.2, 0.25) is 0 Å². The fraction of sp³-hybridized carbons (Fsp3) is 0.462. The molecule has 0 radical (unpaired) electrons. The first-order chi connectivity index (χ1) is 8.68. The Morgan fingerprint density at radius 2 is 1.89 bits per heavy atom. The molecule has 1 aromatic carbocycles. The number of nitrogens with zero attached hydrogens (tertiary/aromatic N) is 1. The maximum atomic E-state index is 13.2. The molecule has 0 spiro atoms. The van der Waals surface area contributed by atoms with E-state index in [4.69, 9.17) is 5.73 Å². The molecule has 0 bridgehead atoms. The summed E-state index contributed by atoms with van der Waals surface area (Å²) < 4.78 is 26.6. The number of rotatable bonds is 4. The fourth-order valence-electron chi connectivity index (χ4n) is 1.67. The second-order valence-electron chi connectivity index (χ2n) is 5.28. The lowest BCUT2D eigenvalue weighted by molar-refractivity contribution is 0.0739. The van der Waals surface area contributed by atoms with Crippen LogP contribution in [0.4, 0.5) is 8.78 Å². The molecule has 0 fully saturated rings. The van der Waals surface area contributed by atoms with Crippen molar-refractivity contribution in [3.05, 3.63) is 32.9 Å². The first-order valence-electron chi connectivity index (χ1n) is 5.78. The predicted molar refractivity (Wildman–Crippen MR) is 78.9 cm³/mol. The van der Waals surface area contributed by atoms with E-state index in [1.165, 1.54) is 4.90 Å². The molecule has 3 nitrogen and oxygen atoms in total. The molecule has 0 aromatic heterocycles. The standard InChI is InChI=1S/C13H17F2IN2O/c1-13(2,6-17)7-18(3)12(19)8-4-9(14)10(15)5-11(8)16/h4-5H,6-7,17H2,1-3H3. The van der Waals surface area contributed by atoms with Crippen molar-refractivity contribution in [3.8, 4) is 0 Å². The van der Waals surface area contributed by atoms with Gasteiger partial charge in [-0.25, -0.2) is 8.78 Å². The highest BCUT2D eigenvalue weighted by atomic mass is 127. The maximum absolute atomic E-state index is 13.2. The summed E-state index contributed by atoms with van der Waals surface area (Å²) in [4.78, 5) is 13.7. The van der Waals surface area contributed by atoms with Crippen LogP contribution in [-0.2, 0) is 0 Å². The van der Waals surface area contributed by atoms with Gasteiger partial charge in [-0.15, -0.1) is 0 Å². The van der Waals surface area contributed by atoms with Crippen LogP contribution in [0.25, 0.3) is 0 Å². The van der Waals surface area contributed by atoms with Gasteiger partial charge in [0.25, 0.3) is 5.91 Å². The Bertz CT molecular complexity index is 492. The topological polar surface area (TPSA) is 46.3 Å². The van der Waals surface area contributed by atoms with Crippen molar-refractivity contribution < 1.29 is 13.6 Å². The van der Waals surface area contributed by atoms with Crippen molar-refractivity contribution in [1.82, 2.24) is 4.90 Å². The molecule has 19 heavy (non-hydrogen) atoms. The lowest BCUT2D eigenvalue weighted by Gasteiger charge is -2.29. The zero-order valence-corrected chi connectivity index (χ0v) is 13.3. The van der Waals surface area contributed by atoms with E-state index in [1.807, 2.05) is 36.4 Å². The Hall–Kier alpha value is -0.760. The summed E-state index contributed by atoms with van der Waals surface area (Å²) in [6.45, 7) is 4.75. The third kappa shape index (κ3) is 4.10. The van der Waals surface area contributed by atoms with Crippen LogP contribution < -0.4 is 5.73 Å². The van der Waals surface area contributed by atoms with E-state index in [-0.39, 0.29) is 16.9 Å². The van der Waals surface area contributed by atoms with Crippen LogP contribution in [0.1, 0.15) is 24.2 Å². The van der Waals surface area contributed by atoms with Crippen molar-refractivity contribution in [3.63, 3.8) is 0 Å². The van der Waals surface area contributed by atoms with Crippen LogP contribution >= 0.6 is 22.6 Å². The summed E-state index contributed by atoms with van der Waals surface area (Å²) in [5, 5.41) is 0. The molecule has 0 unspecified atom stereocenters. The van der Waals surface area contributed by atoms with Gasteiger partial charge in [0, 0.05) is 17.2 Å². The second kappa shape index (κ2) is 6.13. The largest absolute Gasteiger partial charge is 0.341 e. The molecule has 1 rings (SSSR count). The highest BCUT2D eigenvalue weighted by Crippen LogP contribution is 2.20. The van der Waals surface area contributed by atoms with E-state index in [9.17, 15) is 13.6 Å². The van der Waals surface area contributed by atoms with Crippen LogP contribution in [0.15, 0.2) is 12.1 Å². The van der Waals surface area contributed by atoms with Gasteiger partial charge in [-0.05, 0) is 46.7 Å². The Morgan fingerprint density at radius 1 is 1.37 bits per heavy atom. The summed E-state index contributed by atoms with van der Waals surface area (Å²) >= 11 is 1.82. The maximum Gasteiger partial charge on any atom is 0.254 e. The summed E-state index contributed by atoms with van der Waals surface area (Å²) in [6, 6.07) is 1.95. The van der Waals surface area contributed by atoms with E-state index >= 15 is 0 Å². The third-order valence-corrected chi connectivity index (χ3v) is 3.70. The molecule has 106 valence electrons. The molecule has 0 aliphatic heterocycles. The normalized spacial score (nSPS) is 11.5. The highest BCUT2D eigenvalue weighted by Gasteiger charge is 2.24. The third-order valence-electron chi connectivity index (χ3n) is 2.80. The Morgan fingerprint density at radius 3 is 2.42 bits per heavy atom. The summed E-state index contributed by atoms with van der Waals surface area (Å²) in [7, 11) is 1.62. The predicted octanol–water partition coefficient (Wildman–Crippen LogP) is 2.63. The summed E-state index contributed by atoms with van der Waals surface area (Å²) in [5.41, 5.74) is 5.55. The molecule has 1 aromatic rings. The van der Waals surface area contributed by atoms with Crippen LogP contribution in [0, 0.1) is 20.6 Å². The van der Waals surface area contributed by atoms with Gasteiger partial charge in [-0.1, -0.05) is 13.8 Å². The van der Waals surface area contributed by atoms with E-state index in [1.54, 1.807) is 7.05 Å². The van der Waals surface area contributed by atoms with Gasteiger partial charge in [0.1, 0.15) is 0 Å². The van der Waals surface area contributed by atoms with E-state index < -0.39 is 11.6 Å². The first-order valence-corrected chi connectivity index (χ1v) is 6.86. The minimum Gasteiger partial charge on any atom is -0.341 e. The molecule has 2 N–H and O–H groups in total. The minimum absolute atomic E-state index is 0.162. The smallest absolute Gasteiger partial charge is 0.254 e. The van der Waals surface area contributed by atoms with Gasteiger partial charge in [-0.3, -0.25) is 4.79 Å². The molecule has 0 atom stereocenters. The second-order valence-corrected chi connectivity index (χ2v) is 6.44. The molecular formula is C13H17F2IN2O. The van der Waals surface area contributed by atoms with Crippen LogP contribution in [0.5, 0.6) is 0 Å². The molecule has 0 saturated heterocycles. The van der Waals surface area contributed by atoms with Crippen molar-refractivity contribution >= 4 is 28.5 Å². The van der Waals surface area contributed by atoms with Crippen molar-refractivity contribution in [2.24, 2.45) is 11.1 Å². The number of carbonyl (C=O) groups is 1. The zero-order valence-electron chi connectivity index (χ0n) is 11.1. The molecular weight excluding hydrogens is 365 g/mol. The van der Waals surface area contributed by atoms with Gasteiger partial charge in [0.15, 0.2) is 11.6 Å². The number of hydrogen-bond donors (Lipinski definition) is 1. The van der Waals surface area contributed by atoms with Crippen LogP contribution in [0.3, 0.4) is 0 Å². The summed E-state index contributed by atoms with van der Waals surface area (Å²) in [5.74, 6) is -2.31. The van der Waals surface area contributed by atoms with Crippen molar-refractivity contribution in [1.29, 1.82) is 0 Å². The number of nitrogens with two attached hydrogens (primary N) is 1. The van der Waals surface area contributed by atoms with Gasteiger partial charge in [0.05, 0.1) is 5.56 Å². The zero-order chi connectivity index (χ0) is 14.8. The van der Waals surface area contributed by atoms with E-state index in [0.717, 1.165) is 12.1 Å².